The van der Waals surface area contributed by atoms with E-state index < -0.39 is 11.3 Å². The monoisotopic (exact) mass is 253 g/mol. The minimum atomic E-state index is -2.22. The van der Waals surface area contributed by atoms with Gasteiger partial charge in [0.05, 0.1) is 7.85 Å². The van der Waals surface area contributed by atoms with Crippen LogP contribution >= 0.6 is 0 Å². The lowest BCUT2D eigenvalue weighted by Gasteiger charge is -2.25. The molecule has 0 saturated heterocycles. The molecule has 2 atom stereocenters. The molecule has 0 spiro atoms. The van der Waals surface area contributed by atoms with Gasteiger partial charge in [-0.15, -0.1) is 0 Å². The molecular formula is C11H10B3NO4. The number of carbonyl (C=O) groups excluding carboxylic acids is 1. The molecule has 0 amide bonds. The molecule has 1 aromatic rings. The van der Waals surface area contributed by atoms with Crippen LogP contribution in [0.15, 0.2) is 18.2 Å². The van der Waals surface area contributed by atoms with Crippen LogP contribution in [0.25, 0.3) is 0 Å². The Hall–Kier alpha value is -1.40. The van der Waals surface area contributed by atoms with E-state index in [1.807, 2.05) is 0 Å². The SMILES string of the molecule is [B]CN[C@@]([B])(C)C(=O)c1ccc2c(c1)OC([B])(O)O2. The first-order valence-electron chi connectivity index (χ1n) is 5.57. The van der Waals surface area contributed by atoms with Crippen LogP contribution in [0, 0.1) is 0 Å². The van der Waals surface area contributed by atoms with Gasteiger partial charge in [0.2, 0.25) is 7.85 Å². The van der Waals surface area contributed by atoms with Crippen LogP contribution in [0.1, 0.15) is 17.3 Å². The molecule has 0 saturated carbocycles. The zero-order chi connectivity index (χ0) is 14.3. The van der Waals surface area contributed by atoms with Crippen LogP contribution in [-0.2, 0) is 0 Å². The first kappa shape index (κ1) is 14.0. The fourth-order valence-electron chi connectivity index (χ4n) is 1.74. The number of fused-ring (bicyclic) bond motifs is 1. The van der Waals surface area contributed by atoms with Gasteiger partial charge in [-0.25, -0.2) is 0 Å². The lowest BCUT2D eigenvalue weighted by molar-refractivity contribution is -0.178. The Balaban J connectivity index is 2.27. The zero-order valence-corrected chi connectivity index (χ0v) is 10.3. The van der Waals surface area contributed by atoms with E-state index in [0.29, 0.717) is 0 Å². The Morgan fingerprint density at radius 1 is 1.47 bits per heavy atom. The molecule has 0 fully saturated rings. The number of hydrogen-bond acceptors (Lipinski definition) is 5. The molecule has 8 heteroatoms. The predicted molar refractivity (Wildman–Crippen MR) is 70.6 cm³/mol. The van der Waals surface area contributed by atoms with Gasteiger partial charge in [0.25, 0.3) is 0 Å². The molecule has 92 valence electrons. The maximum absolute atomic E-state index is 12.2. The third-order valence-corrected chi connectivity index (χ3v) is 2.66. The highest BCUT2D eigenvalue weighted by Gasteiger charge is 2.35. The number of benzene rings is 1. The summed E-state index contributed by atoms with van der Waals surface area (Å²) < 4.78 is 9.83. The van der Waals surface area contributed by atoms with Gasteiger partial charge in [0.15, 0.2) is 17.3 Å². The van der Waals surface area contributed by atoms with Crippen LogP contribution in [0.5, 0.6) is 11.5 Å². The second kappa shape index (κ2) is 4.61. The van der Waals surface area contributed by atoms with E-state index >= 15 is 0 Å². The third kappa shape index (κ3) is 2.79. The predicted octanol–water partition coefficient (Wildman–Crippen LogP) is -0.987. The van der Waals surface area contributed by atoms with Gasteiger partial charge >= 0.3 is 5.87 Å². The normalized spacial score (nSPS) is 23.9. The molecule has 1 unspecified atom stereocenters. The number of nitrogens with one attached hydrogen (secondary N) is 1. The van der Waals surface area contributed by atoms with Crippen molar-refractivity contribution in [3.05, 3.63) is 23.8 Å². The van der Waals surface area contributed by atoms with Crippen molar-refractivity contribution in [2.24, 2.45) is 0 Å². The average molecular weight is 253 g/mol. The molecular weight excluding hydrogens is 243 g/mol. The van der Waals surface area contributed by atoms with Crippen LogP contribution in [-0.4, -0.2) is 52.2 Å². The molecule has 1 aliphatic heterocycles. The number of ketones is 1. The van der Waals surface area contributed by atoms with Crippen molar-refractivity contribution in [1.82, 2.24) is 5.32 Å². The quantitative estimate of drug-likeness (QED) is 0.532. The standard InChI is InChI=1S/C11H10B3NO4/c1-10(13,15-5-12)9(16)6-2-3-7-8(4-6)19-11(14,17)18-7/h2-4,15,17H,5H2,1H3/t10-,11?/m0/s1. The van der Waals surface area contributed by atoms with Gasteiger partial charge in [-0.3, -0.25) is 4.79 Å². The van der Waals surface area contributed by atoms with E-state index in [1.54, 1.807) is 0 Å². The summed E-state index contributed by atoms with van der Waals surface area (Å²) >= 11 is 0. The number of rotatable bonds is 4. The van der Waals surface area contributed by atoms with Crippen molar-refractivity contribution >= 4 is 29.3 Å². The van der Waals surface area contributed by atoms with Gasteiger partial charge in [0, 0.05) is 11.0 Å². The third-order valence-electron chi connectivity index (χ3n) is 2.66. The van der Waals surface area contributed by atoms with Crippen molar-refractivity contribution in [2.45, 2.75) is 18.2 Å². The number of Topliss-reactive ketones (excluding diaryl/α,β-unsaturated/α-hetero) is 1. The molecule has 2 N–H and O–H groups in total. The summed E-state index contributed by atoms with van der Waals surface area (Å²) in [7, 11) is 16.4. The lowest BCUT2D eigenvalue weighted by atomic mass is 9.73. The number of ether oxygens (including phenoxy) is 2. The van der Waals surface area contributed by atoms with E-state index in [1.165, 1.54) is 25.1 Å². The van der Waals surface area contributed by atoms with E-state index in [9.17, 15) is 9.90 Å². The summed E-state index contributed by atoms with van der Waals surface area (Å²) in [5.41, 5.74) is -1.02. The largest absolute Gasteiger partial charge is 0.435 e. The summed E-state index contributed by atoms with van der Waals surface area (Å²) in [6, 6.07) is 4.35. The van der Waals surface area contributed by atoms with Gasteiger partial charge < -0.3 is 19.9 Å². The van der Waals surface area contributed by atoms with Crippen molar-refractivity contribution in [3.63, 3.8) is 0 Å². The minimum absolute atomic E-state index is 0.0614. The molecule has 6 radical (unpaired) electrons. The lowest BCUT2D eigenvalue weighted by Crippen LogP contribution is -2.50. The Kier molecular flexibility index (Phi) is 3.41. The molecule has 1 heterocycles. The Morgan fingerprint density at radius 2 is 2.11 bits per heavy atom. The highest BCUT2D eigenvalue weighted by Crippen LogP contribution is 2.38. The molecule has 5 nitrogen and oxygen atoms in total. The molecule has 0 aromatic heterocycles. The van der Waals surface area contributed by atoms with E-state index in [4.69, 9.17) is 33.0 Å². The van der Waals surface area contributed by atoms with Crippen LogP contribution in [0.2, 0.25) is 0 Å². The fourth-order valence-corrected chi connectivity index (χ4v) is 1.74. The Bertz CT molecular complexity index is 519. The maximum atomic E-state index is 12.2. The molecule has 0 aliphatic carbocycles. The second-order valence-corrected chi connectivity index (χ2v) is 4.41. The van der Waals surface area contributed by atoms with Crippen LogP contribution in [0.4, 0.5) is 0 Å². The summed E-state index contributed by atoms with van der Waals surface area (Å²) in [5.74, 6) is -2.19. The summed E-state index contributed by atoms with van der Waals surface area (Å²) in [5, 5.41) is 12.0. The van der Waals surface area contributed by atoms with Gasteiger partial charge in [-0.1, -0.05) is 0 Å². The van der Waals surface area contributed by atoms with Gasteiger partial charge in [0.1, 0.15) is 7.85 Å². The van der Waals surface area contributed by atoms with Crippen LogP contribution in [0.3, 0.4) is 0 Å². The van der Waals surface area contributed by atoms with Gasteiger partial charge in [-0.05, 0) is 31.6 Å². The zero-order valence-electron chi connectivity index (χ0n) is 10.3. The maximum Gasteiger partial charge on any atom is 0.302 e. The number of carbonyl (C=O) groups is 1. The molecule has 1 aliphatic rings. The smallest absolute Gasteiger partial charge is 0.302 e. The highest BCUT2D eigenvalue weighted by atomic mass is 16.8. The van der Waals surface area contributed by atoms with Crippen molar-refractivity contribution < 1.29 is 19.4 Å². The molecule has 2 rings (SSSR count). The van der Waals surface area contributed by atoms with E-state index in [2.05, 4.69) is 5.32 Å². The minimum Gasteiger partial charge on any atom is -0.435 e. The molecule has 19 heavy (non-hydrogen) atoms. The van der Waals surface area contributed by atoms with Crippen molar-refractivity contribution in [1.29, 1.82) is 0 Å². The first-order valence-corrected chi connectivity index (χ1v) is 5.57. The van der Waals surface area contributed by atoms with Crippen molar-refractivity contribution in [3.8, 4) is 11.5 Å². The number of hydrogen-bond donors (Lipinski definition) is 2. The fraction of sp³-hybridized carbons (Fsp3) is 0.364. The van der Waals surface area contributed by atoms with E-state index in [-0.39, 0.29) is 29.3 Å². The topological polar surface area (TPSA) is 67.8 Å². The number of aliphatic hydroxyl groups is 1. The first-order chi connectivity index (χ1) is 8.75. The summed E-state index contributed by atoms with van der Waals surface area (Å²) in [4.78, 5) is 12.2. The Labute approximate surface area is 114 Å². The van der Waals surface area contributed by atoms with Crippen molar-refractivity contribution in [2.75, 3.05) is 6.44 Å². The summed E-state index contributed by atoms with van der Waals surface area (Å²) in [6.07, 6.45) is 0.0614. The molecule has 1 aromatic carbocycles. The Morgan fingerprint density at radius 3 is 2.74 bits per heavy atom. The second-order valence-electron chi connectivity index (χ2n) is 4.41. The van der Waals surface area contributed by atoms with Gasteiger partial charge in [-0.2, -0.15) is 0 Å². The van der Waals surface area contributed by atoms with Crippen LogP contribution < -0.4 is 14.8 Å². The molecule has 0 bridgehead atoms. The highest BCUT2D eigenvalue weighted by molar-refractivity contribution is 6.32. The average Bonchev–Trinajstić information content (AvgIpc) is 2.60. The summed E-state index contributed by atoms with van der Waals surface area (Å²) in [6.45, 7) is 1.51. The van der Waals surface area contributed by atoms with E-state index in [0.717, 1.165) is 0 Å².